The van der Waals surface area contributed by atoms with E-state index < -0.39 is 49.5 Å². The Hall–Kier alpha value is -1.85. The highest BCUT2D eigenvalue weighted by atomic mass is 16.7. The predicted octanol–water partition coefficient (Wildman–Crippen LogP) is 6.33. The zero-order valence-corrected chi connectivity index (χ0v) is 30.0. The van der Waals surface area contributed by atoms with Crippen molar-refractivity contribution in [1.82, 2.24) is 5.32 Å². The highest BCUT2D eigenvalue weighted by Crippen LogP contribution is 2.22. The minimum absolute atomic E-state index is 0.205. The van der Waals surface area contributed by atoms with Gasteiger partial charge in [0.25, 0.3) is 0 Å². The van der Waals surface area contributed by atoms with Crippen LogP contribution in [0.5, 0.6) is 0 Å². The lowest BCUT2D eigenvalue weighted by molar-refractivity contribution is -0.302. The number of allylic oxidation sites excluding steroid dienone is 7. The fourth-order valence-corrected chi connectivity index (χ4v) is 5.51. The van der Waals surface area contributed by atoms with Gasteiger partial charge in [-0.1, -0.05) is 120 Å². The number of rotatable bonds is 29. The standard InChI is InChI=1S/C39H69NO8/c1-3-5-7-9-11-13-15-16-17-18-19-21-23-25-27-29-35(43)40-32(31-47-39-38(46)37(45)36(44)34(30-41)48-39)33(42)28-26-24-22-20-14-12-10-8-6-4-2/h11,13-16,20,26,28,32-34,36-39,41-42,44-46H,3-10,12,17-19,21-25,27,29-31H2,1-2H3,(H,40,43)/b13-11-,16-15-,20-14+,28-26+. The summed E-state index contributed by atoms with van der Waals surface area (Å²) in [4.78, 5) is 12.8. The number of unbranched alkanes of at least 4 members (excludes halogenated alkanes) is 14. The van der Waals surface area contributed by atoms with Crippen LogP contribution in [0.4, 0.5) is 0 Å². The van der Waals surface area contributed by atoms with Crippen LogP contribution in [0.2, 0.25) is 0 Å². The predicted molar refractivity (Wildman–Crippen MR) is 193 cm³/mol. The Bertz CT molecular complexity index is 889. The van der Waals surface area contributed by atoms with E-state index in [4.69, 9.17) is 9.47 Å². The summed E-state index contributed by atoms with van der Waals surface area (Å²) in [5.41, 5.74) is 0. The van der Waals surface area contributed by atoms with Gasteiger partial charge in [-0.15, -0.1) is 0 Å². The Morgan fingerprint density at radius 1 is 0.708 bits per heavy atom. The number of hydrogen-bond acceptors (Lipinski definition) is 8. The number of amides is 1. The summed E-state index contributed by atoms with van der Waals surface area (Å²) in [5.74, 6) is -0.205. The molecule has 1 amide bonds. The van der Waals surface area contributed by atoms with Gasteiger partial charge in [0.1, 0.15) is 24.4 Å². The van der Waals surface area contributed by atoms with Crippen molar-refractivity contribution in [3.8, 4) is 0 Å². The van der Waals surface area contributed by atoms with Gasteiger partial charge in [0.2, 0.25) is 5.91 Å². The van der Waals surface area contributed by atoms with Crippen molar-refractivity contribution in [2.24, 2.45) is 0 Å². The molecule has 7 unspecified atom stereocenters. The Morgan fingerprint density at radius 3 is 1.92 bits per heavy atom. The lowest BCUT2D eigenvalue weighted by Crippen LogP contribution is -2.60. The molecule has 278 valence electrons. The Labute approximate surface area is 291 Å². The van der Waals surface area contributed by atoms with Crippen molar-refractivity contribution >= 4 is 5.91 Å². The van der Waals surface area contributed by atoms with E-state index in [0.717, 1.165) is 64.2 Å². The molecule has 0 aromatic rings. The van der Waals surface area contributed by atoms with E-state index >= 15 is 0 Å². The molecule has 0 aromatic carbocycles. The van der Waals surface area contributed by atoms with E-state index in [9.17, 15) is 30.3 Å². The summed E-state index contributed by atoms with van der Waals surface area (Å²) in [5, 5.41) is 53.8. The summed E-state index contributed by atoms with van der Waals surface area (Å²) in [7, 11) is 0. The third-order valence-electron chi connectivity index (χ3n) is 8.65. The first-order chi connectivity index (χ1) is 23.3. The molecule has 1 saturated heterocycles. The lowest BCUT2D eigenvalue weighted by Gasteiger charge is -2.40. The van der Waals surface area contributed by atoms with Crippen LogP contribution in [0.15, 0.2) is 48.6 Å². The van der Waals surface area contributed by atoms with Gasteiger partial charge >= 0.3 is 0 Å². The van der Waals surface area contributed by atoms with Gasteiger partial charge in [0.05, 0.1) is 25.4 Å². The Kier molecular flexibility index (Phi) is 27.6. The monoisotopic (exact) mass is 680 g/mol. The number of hydrogen-bond donors (Lipinski definition) is 6. The number of ether oxygens (including phenoxy) is 2. The van der Waals surface area contributed by atoms with E-state index in [0.29, 0.717) is 6.42 Å². The third kappa shape index (κ3) is 21.3. The Morgan fingerprint density at radius 2 is 1.25 bits per heavy atom. The molecule has 0 aromatic heterocycles. The molecule has 6 N–H and O–H groups in total. The van der Waals surface area contributed by atoms with Gasteiger partial charge in [0, 0.05) is 6.42 Å². The summed E-state index contributed by atoms with van der Waals surface area (Å²) >= 11 is 0. The first-order valence-corrected chi connectivity index (χ1v) is 18.9. The number of aliphatic hydroxyl groups excluding tert-OH is 5. The first-order valence-electron chi connectivity index (χ1n) is 18.9. The lowest BCUT2D eigenvalue weighted by atomic mass is 9.99. The van der Waals surface area contributed by atoms with Gasteiger partial charge in [-0.2, -0.15) is 0 Å². The molecular formula is C39H69NO8. The molecule has 0 bridgehead atoms. The highest BCUT2D eigenvalue weighted by Gasteiger charge is 2.44. The van der Waals surface area contributed by atoms with Gasteiger partial charge in [-0.3, -0.25) is 4.79 Å². The van der Waals surface area contributed by atoms with Gasteiger partial charge < -0.3 is 40.3 Å². The average Bonchev–Trinajstić information content (AvgIpc) is 3.08. The van der Waals surface area contributed by atoms with Gasteiger partial charge in [0.15, 0.2) is 6.29 Å². The van der Waals surface area contributed by atoms with Gasteiger partial charge in [-0.05, 0) is 57.8 Å². The molecule has 0 radical (unpaired) electrons. The smallest absolute Gasteiger partial charge is 0.220 e. The van der Waals surface area contributed by atoms with Crippen LogP contribution >= 0.6 is 0 Å². The quantitative estimate of drug-likeness (QED) is 0.0306. The molecule has 0 saturated carbocycles. The first kappa shape index (κ1) is 44.2. The molecule has 1 heterocycles. The van der Waals surface area contributed by atoms with Crippen LogP contribution in [-0.2, 0) is 14.3 Å². The molecule has 1 aliphatic heterocycles. The summed E-state index contributed by atoms with van der Waals surface area (Å²) < 4.78 is 11.1. The molecule has 9 nitrogen and oxygen atoms in total. The zero-order chi connectivity index (χ0) is 35.2. The summed E-state index contributed by atoms with van der Waals surface area (Å²) in [6.07, 6.45) is 28.7. The number of nitrogens with one attached hydrogen (secondary N) is 1. The normalized spacial score (nSPS) is 23.2. The second kappa shape index (κ2) is 30.0. The van der Waals surface area contributed by atoms with Crippen molar-refractivity contribution in [2.45, 2.75) is 179 Å². The molecule has 1 fully saturated rings. The SMILES string of the molecule is CCCCC/C=C\C=C/CCCCCCCCC(=O)NC(COC1OC(CO)C(O)C(O)C1O)C(O)/C=C/CC/C=C/CCCCCC. The minimum atomic E-state index is -1.57. The molecule has 1 aliphatic rings. The minimum Gasteiger partial charge on any atom is -0.394 e. The van der Waals surface area contributed by atoms with Crippen LogP contribution in [0, 0.1) is 0 Å². The average molecular weight is 680 g/mol. The van der Waals surface area contributed by atoms with E-state index in [1.165, 1.54) is 51.4 Å². The van der Waals surface area contributed by atoms with E-state index in [2.05, 4.69) is 55.6 Å². The van der Waals surface area contributed by atoms with Crippen molar-refractivity contribution in [3.05, 3.63) is 48.6 Å². The number of carbonyl (C=O) groups excluding carboxylic acids is 1. The van der Waals surface area contributed by atoms with Crippen molar-refractivity contribution in [2.75, 3.05) is 13.2 Å². The summed E-state index contributed by atoms with van der Waals surface area (Å²) in [6, 6.07) is -0.825. The second-order valence-electron chi connectivity index (χ2n) is 13.0. The van der Waals surface area contributed by atoms with E-state index in [1.54, 1.807) is 6.08 Å². The zero-order valence-electron chi connectivity index (χ0n) is 30.0. The Balaban J connectivity index is 2.48. The number of aliphatic hydroxyl groups is 5. The van der Waals surface area contributed by atoms with Crippen LogP contribution in [-0.4, -0.2) is 87.5 Å². The second-order valence-corrected chi connectivity index (χ2v) is 13.0. The molecule has 0 aliphatic carbocycles. The van der Waals surface area contributed by atoms with Crippen LogP contribution < -0.4 is 5.32 Å². The van der Waals surface area contributed by atoms with Crippen LogP contribution in [0.3, 0.4) is 0 Å². The van der Waals surface area contributed by atoms with Crippen LogP contribution in [0.1, 0.15) is 136 Å². The molecule has 48 heavy (non-hydrogen) atoms. The topological polar surface area (TPSA) is 149 Å². The fraction of sp³-hybridized carbons (Fsp3) is 0.769. The molecule has 9 heteroatoms. The third-order valence-corrected chi connectivity index (χ3v) is 8.65. The van der Waals surface area contributed by atoms with Crippen molar-refractivity contribution in [3.63, 3.8) is 0 Å². The molecular weight excluding hydrogens is 610 g/mol. The number of carbonyl (C=O) groups is 1. The van der Waals surface area contributed by atoms with Crippen molar-refractivity contribution in [1.29, 1.82) is 0 Å². The molecule has 7 atom stereocenters. The fourth-order valence-electron chi connectivity index (χ4n) is 5.51. The molecule has 1 rings (SSSR count). The maximum absolute atomic E-state index is 12.8. The maximum atomic E-state index is 12.8. The highest BCUT2D eigenvalue weighted by molar-refractivity contribution is 5.76. The van der Waals surface area contributed by atoms with E-state index in [-0.39, 0.29) is 12.5 Å². The summed E-state index contributed by atoms with van der Waals surface area (Å²) in [6.45, 7) is 3.64. The van der Waals surface area contributed by atoms with E-state index in [1.807, 2.05) is 6.08 Å². The largest absolute Gasteiger partial charge is 0.394 e. The van der Waals surface area contributed by atoms with Crippen LogP contribution in [0.25, 0.3) is 0 Å². The van der Waals surface area contributed by atoms with Gasteiger partial charge in [-0.25, -0.2) is 0 Å². The molecule has 0 spiro atoms. The van der Waals surface area contributed by atoms with Crippen molar-refractivity contribution < 1.29 is 39.8 Å². The maximum Gasteiger partial charge on any atom is 0.220 e.